The third-order valence-corrected chi connectivity index (χ3v) is 3.22. The molecule has 0 bridgehead atoms. The van der Waals surface area contributed by atoms with Crippen LogP contribution in [0.3, 0.4) is 0 Å². The highest BCUT2D eigenvalue weighted by Gasteiger charge is 2.27. The van der Waals surface area contributed by atoms with Crippen molar-refractivity contribution in [3.63, 3.8) is 0 Å². The summed E-state index contributed by atoms with van der Waals surface area (Å²) in [6.07, 6.45) is 4.17. The van der Waals surface area contributed by atoms with E-state index in [0.717, 1.165) is 25.7 Å². The van der Waals surface area contributed by atoms with E-state index in [1.165, 1.54) is 12.1 Å². The highest BCUT2D eigenvalue weighted by atomic mass is 19.1. The molecule has 1 atom stereocenters. The van der Waals surface area contributed by atoms with Crippen LogP contribution in [0.25, 0.3) is 0 Å². The topological polar surface area (TPSA) is 49.3 Å². The summed E-state index contributed by atoms with van der Waals surface area (Å²) in [5.74, 6) is -1.49. The molecule has 0 saturated heterocycles. The maximum Gasteiger partial charge on any atom is 0.325 e. The van der Waals surface area contributed by atoms with E-state index in [0.29, 0.717) is 0 Å². The van der Waals surface area contributed by atoms with Crippen LogP contribution in [0.4, 0.5) is 4.39 Å². The van der Waals surface area contributed by atoms with Gasteiger partial charge in [-0.3, -0.25) is 10.1 Å². The van der Waals surface area contributed by atoms with Gasteiger partial charge in [-0.1, -0.05) is 31.0 Å². The summed E-state index contributed by atoms with van der Waals surface area (Å²) in [6, 6.07) is 5.28. The van der Waals surface area contributed by atoms with Crippen molar-refractivity contribution in [1.29, 1.82) is 0 Å². The van der Waals surface area contributed by atoms with Crippen LogP contribution in [0.1, 0.15) is 37.3 Å². The Hall–Kier alpha value is -1.42. The molecule has 4 heteroatoms. The Bertz CT molecular complexity index is 402. The number of halogens is 1. The molecule has 1 aliphatic carbocycles. The molecule has 1 aliphatic rings. The second-order valence-electron chi connectivity index (χ2n) is 4.44. The van der Waals surface area contributed by atoms with Gasteiger partial charge in [-0.2, -0.15) is 0 Å². The third kappa shape index (κ3) is 2.82. The Balaban J connectivity index is 2.17. The fraction of sp³-hybridized carbons (Fsp3) is 0.462. The van der Waals surface area contributed by atoms with Crippen LogP contribution in [0.2, 0.25) is 0 Å². The van der Waals surface area contributed by atoms with Crippen LogP contribution in [0.5, 0.6) is 0 Å². The number of hydrogen-bond acceptors (Lipinski definition) is 2. The minimum Gasteiger partial charge on any atom is -0.480 e. The summed E-state index contributed by atoms with van der Waals surface area (Å²) >= 11 is 0. The van der Waals surface area contributed by atoms with Gasteiger partial charge in [0.25, 0.3) is 0 Å². The Morgan fingerprint density at radius 2 is 2.00 bits per heavy atom. The average Bonchev–Trinajstić information content (AvgIpc) is 2.79. The van der Waals surface area contributed by atoms with E-state index in [1.807, 2.05) is 0 Å². The standard InChI is InChI=1S/C13H16FNO2/c14-11-8-4-3-7-10(11)12(13(16)17)15-9-5-1-2-6-9/h3-4,7-9,12,15H,1-2,5-6H2,(H,16,17). The first-order valence-corrected chi connectivity index (χ1v) is 5.92. The molecule has 0 aliphatic heterocycles. The lowest BCUT2D eigenvalue weighted by molar-refractivity contribution is -0.140. The predicted octanol–water partition coefficient (Wildman–Crippen LogP) is 2.48. The Kier molecular flexibility index (Phi) is 3.74. The molecule has 1 aromatic carbocycles. The minimum absolute atomic E-state index is 0.190. The quantitative estimate of drug-likeness (QED) is 0.845. The van der Waals surface area contributed by atoms with Crippen molar-refractivity contribution in [2.75, 3.05) is 0 Å². The monoisotopic (exact) mass is 237 g/mol. The van der Waals surface area contributed by atoms with Crippen molar-refractivity contribution in [1.82, 2.24) is 5.32 Å². The van der Waals surface area contributed by atoms with Crippen LogP contribution in [0, 0.1) is 5.82 Å². The fourth-order valence-electron chi connectivity index (χ4n) is 2.33. The number of carboxylic acid groups (broad SMARTS) is 1. The van der Waals surface area contributed by atoms with Crippen molar-refractivity contribution in [3.8, 4) is 0 Å². The van der Waals surface area contributed by atoms with E-state index >= 15 is 0 Å². The zero-order chi connectivity index (χ0) is 12.3. The van der Waals surface area contributed by atoms with Gasteiger partial charge < -0.3 is 5.11 Å². The maximum atomic E-state index is 13.6. The summed E-state index contributed by atoms with van der Waals surface area (Å²) in [5, 5.41) is 12.2. The number of carbonyl (C=O) groups is 1. The highest BCUT2D eigenvalue weighted by molar-refractivity contribution is 5.75. The van der Waals surface area contributed by atoms with Gasteiger partial charge in [0, 0.05) is 11.6 Å². The zero-order valence-electron chi connectivity index (χ0n) is 9.53. The second kappa shape index (κ2) is 5.27. The van der Waals surface area contributed by atoms with Gasteiger partial charge in [0.05, 0.1) is 0 Å². The normalized spacial score (nSPS) is 18.2. The van der Waals surface area contributed by atoms with E-state index < -0.39 is 17.8 Å². The van der Waals surface area contributed by atoms with Crippen molar-refractivity contribution < 1.29 is 14.3 Å². The Labute approximate surface area is 99.7 Å². The van der Waals surface area contributed by atoms with Crippen LogP contribution in [0.15, 0.2) is 24.3 Å². The lowest BCUT2D eigenvalue weighted by atomic mass is 10.0. The summed E-state index contributed by atoms with van der Waals surface area (Å²) in [4.78, 5) is 11.2. The molecule has 92 valence electrons. The second-order valence-corrected chi connectivity index (χ2v) is 4.44. The van der Waals surface area contributed by atoms with E-state index in [9.17, 15) is 14.3 Å². The van der Waals surface area contributed by atoms with Gasteiger partial charge in [0.1, 0.15) is 11.9 Å². The van der Waals surface area contributed by atoms with Gasteiger partial charge in [0.15, 0.2) is 0 Å². The largest absolute Gasteiger partial charge is 0.480 e. The SMILES string of the molecule is O=C(O)C(NC1CCCC1)c1ccccc1F. The predicted molar refractivity (Wildman–Crippen MR) is 62.2 cm³/mol. The van der Waals surface area contributed by atoms with Gasteiger partial charge in [0.2, 0.25) is 0 Å². The number of benzene rings is 1. The minimum atomic E-state index is -1.03. The van der Waals surface area contributed by atoms with Gasteiger partial charge in [-0.15, -0.1) is 0 Å². The number of carboxylic acids is 1. The van der Waals surface area contributed by atoms with Crippen molar-refractivity contribution in [3.05, 3.63) is 35.6 Å². The molecule has 0 spiro atoms. The smallest absolute Gasteiger partial charge is 0.325 e. The first kappa shape index (κ1) is 12.0. The zero-order valence-corrected chi connectivity index (χ0v) is 9.53. The molecular weight excluding hydrogens is 221 g/mol. The molecule has 1 aromatic rings. The number of rotatable bonds is 4. The number of hydrogen-bond donors (Lipinski definition) is 2. The van der Waals surface area contributed by atoms with Crippen LogP contribution >= 0.6 is 0 Å². The van der Waals surface area contributed by atoms with Crippen LogP contribution in [-0.2, 0) is 4.79 Å². The van der Waals surface area contributed by atoms with Crippen molar-refractivity contribution in [2.24, 2.45) is 0 Å². The maximum absolute atomic E-state index is 13.6. The van der Waals surface area contributed by atoms with Crippen LogP contribution < -0.4 is 5.32 Å². The van der Waals surface area contributed by atoms with Crippen molar-refractivity contribution in [2.45, 2.75) is 37.8 Å². The molecule has 1 fully saturated rings. The lowest BCUT2D eigenvalue weighted by Gasteiger charge is -2.20. The molecule has 1 saturated carbocycles. The molecule has 0 heterocycles. The Morgan fingerprint density at radius 3 is 2.59 bits per heavy atom. The third-order valence-electron chi connectivity index (χ3n) is 3.22. The number of nitrogens with one attached hydrogen (secondary N) is 1. The Morgan fingerprint density at radius 1 is 1.35 bits per heavy atom. The first-order valence-electron chi connectivity index (χ1n) is 5.92. The molecule has 0 amide bonds. The lowest BCUT2D eigenvalue weighted by Crippen LogP contribution is -2.35. The van der Waals surface area contributed by atoms with Gasteiger partial charge in [-0.25, -0.2) is 4.39 Å². The molecule has 3 nitrogen and oxygen atoms in total. The van der Waals surface area contributed by atoms with Gasteiger partial charge >= 0.3 is 5.97 Å². The van der Waals surface area contributed by atoms with Crippen LogP contribution in [-0.4, -0.2) is 17.1 Å². The fourth-order valence-corrected chi connectivity index (χ4v) is 2.33. The molecular formula is C13H16FNO2. The molecule has 0 radical (unpaired) electrons. The van der Waals surface area contributed by atoms with E-state index in [2.05, 4.69) is 5.32 Å². The summed E-state index contributed by atoms with van der Waals surface area (Å²) in [6.45, 7) is 0. The molecule has 0 aromatic heterocycles. The highest BCUT2D eigenvalue weighted by Crippen LogP contribution is 2.23. The molecule has 1 unspecified atom stereocenters. The van der Waals surface area contributed by atoms with Crippen molar-refractivity contribution >= 4 is 5.97 Å². The molecule has 17 heavy (non-hydrogen) atoms. The van der Waals surface area contributed by atoms with E-state index in [1.54, 1.807) is 12.1 Å². The molecule has 2 N–H and O–H groups in total. The number of aliphatic carboxylic acids is 1. The summed E-state index contributed by atoms with van der Waals surface area (Å²) < 4.78 is 13.6. The summed E-state index contributed by atoms with van der Waals surface area (Å²) in [7, 11) is 0. The summed E-state index contributed by atoms with van der Waals surface area (Å²) in [5.41, 5.74) is 0.215. The van der Waals surface area contributed by atoms with E-state index in [4.69, 9.17) is 0 Å². The molecule has 2 rings (SSSR count). The average molecular weight is 237 g/mol. The first-order chi connectivity index (χ1) is 8.18. The van der Waals surface area contributed by atoms with Gasteiger partial charge in [-0.05, 0) is 18.9 Å². The van der Waals surface area contributed by atoms with E-state index in [-0.39, 0.29) is 11.6 Å².